The van der Waals surface area contributed by atoms with Crippen LogP contribution in [-0.4, -0.2) is 71.6 Å². The van der Waals surface area contributed by atoms with Gasteiger partial charge in [0.15, 0.2) is 5.78 Å². The number of carbonyl (C=O) groups excluding carboxylic acids is 3. The van der Waals surface area contributed by atoms with E-state index in [9.17, 15) is 14.4 Å². The van der Waals surface area contributed by atoms with Gasteiger partial charge in [0.2, 0.25) is 0 Å². The zero-order valence-corrected chi connectivity index (χ0v) is 19.3. The monoisotopic (exact) mass is 440 g/mol. The van der Waals surface area contributed by atoms with E-state index in [-0.39, 0.29) is 24.3 Å². The van der Waals surface area contributed by atoms with Crippen LogP contribution in [0, 0.1) is 19.8 Å². The minimum atomic E-state index is -0.289. The van der Waals surface area contributed by atoms with Gasteiger partial charge in [-0.25, -0.2) is 4.79 Å². The third-order valence-corrected chi connectivity index (χ3v) is 5.52. The van der Waals surface area contributed by atoms with Crippen molar-refractivity contribution in [2.45, 2.75) is 27.7 Å². The van der Waals surface area contributed by atoms with E-state index in [2.05, 4.69) is 5.43 Å². The molecule has 1 aromatic heterocycles. The Morgan fingerprint density at radius 1 is 1.03 bits per heavy atom. The summed E-state index contributed by atoms with van der Waals surface area (Å²) in [4.78, 5) is 41.3. The van der Waals surface area contributed by atoms with E-state index in [1.807, 2.05) is 56.9 Å². The number of hydrogen-bond donors (Lipinski definition) is 1. The summed E-state index contributed by atoms with van der Waals surface area (Å²) in [5, 5.41) is 0. The average Bonchev–Trinajstić information content (AvgIpc) is 3.07. The second-order valence-corrected chi connectivity index (χ2v) is 8.58. The lowest BCUT2D eigenvalue weighted by molar-refractivity contribution is 0.0659. The van der Waals surface area contributed by atoms with Gasteiger partial charge < -0.3 is 9.64 Å². The molecule has 3 rings (SSSR count). The molecule has 32 heavy (non-hydrogen) atoms. The molecular weight excluding hydrogens is 408 g/mol. The fourth-order valence-electron chi connectivity index (χ4n) is 3.68. The zero-order chi connectivity index (χ0) is 23.3. The maximum Gasteiger partial charge on any atom is 0.409 e. The number of nitrogens with one attached hydrogen (secondary N) is 1. The van der Waals surface area contributed by atoms with Gasteiger partial charge in [-0.05, 0) is 38.0 Å². The van der Waals surface area contributed by atoms with Crippen LogP contribution in [0.2, 0.25) is 0 Å². The number of nitrogens with zero attached hydrogens (tertiary/aromatic N) is 3. The minimum absolute atomic E-state index is 0.00542. The molecule has 1 aliphatic heterocycles. The molecule has 172 valence electrons. The molecule has 2 heterocycles. The number of hydrogen-bond acceptors (Lipinski definition) is 5. The van der Waals surface area contributed by atoms with Gasteiger partial charge in [-0.2, -0.15) is 0 Å². The van der Waals surface area contributed by atoms with Gasteiger partial charge in [0.1, 0.15) is 0 Å². The fourth-order valence-corrected chi connectivity index (χ4v) is 3.68. The first-order valence-corrected chi connectivity index (χ1v) is 11.0. The number of amides is 2. The van der Waals surface area contributed by atoms with E-state index in [0.29, 0.717) is 55.5 Å². The van der Waals surface area contributed by atoms with Crippen molar-refractivity contribution in [2.75, 3.05) is 44.8 Å². The lowest BCUT2D eigenvalue weighted by atomic mass is 10.1. The highest BCUT2D eigenvalue weighted by molar-refractivity contribution is 6.01. The summed E-state index contributed by atoms with van der Waals surface area (Å²) in [6.45, 7) is 10.7. The largest absolute Gasteiger partial charge is 0.449 e. The summed E-state index contributed by atoms with van der Waals surface area (Å²) in [5.41, 5.74) is 5.50. The second kappa shape index (κ2) is 10.5. The van der Waals surface area contributed by atoms with Crippen molar-refractivity contribution in [1.29, 1.82) is 0 Å². The van der Waals surface area contributed by atoms with E-state index in [4.69, 9.17) is 4.74 Å². The molecule has 1 N–H and O–H groups in total. The molecule has 0 bridgehead atoms. The van der Waals surface area contributed by atoms with Crippen LogP contribution in [0.25, 0.3) is 0 Å². The van der Waals surface area contributed by atoms with Gasteiger partial charge in [-0.1, -0.05) is 32.0 Å². The van der Waals surface area contributed by atoms with Crippen LogP contribution >= 0.6 is 0 Å². The van der Waals surface area contributed by atoms with Crippen LogP contribution in [0.5, 0.6) is 0 Å². The predicted octanol–water partition coefficient (Wildman–Crippen LogP) is 3.08. The number of aryl methyl sites for hydroxylation is 1. The van der Waals surface area contributed by atoms with Gasteiger partial charge in [0.05, 0.1) is 13.2 Å². The van der Waals surface area contributed by atoms with Crippen molar-refractivity contribution < 1.29 is 19.1 Å². The molecule has 1 fully saturated rings. The smallest absolute Gasteiger partial charge is 0.409 e. The summed E-state index contributed by atoms with van der Waals surface area (Å²) in [5.74, 6) is 0.0651. The molecule has 0 unspecified atom stereocenters. The van der Waals surface area contributed by atoms with Crippen molar-refractivity contribution in [3.63, 3.8) is 0 Å². The lowest BCUT2D eigenvalue weighted by Crippen LogP contribution is -2.50. The van der Waals surface area contributed by atoms with E-state index < -0.39 is 0 Å². The van der Waals surface area contributed by atoms with Crippen LogP contribution in [0.1, 0.15) is 46.0 Å². The maximum absolute atomic E-state index is 13.0. The Morgan fingerprint density at radius 3 is 2.31 bits per heavy atom. The van der Waals surface area contributed by atoms with Crippen LogP contribution < -0.4 is 5.43 Å². The number of benzene rings is 1. The normalized spacial score (nSPS) is 14.5. The van der Waals surface area contributed by atoms with Crippen molar-refractivity contribution in [1.82, 2.24) is 14.5 Å². The molecule has 0 saturated carbocycles. The van der Waals surface area contributed by atoms with E-state index >= 15 is 0 Å². The number of carbonyl (C=O) groups is 3. The molecule has 1 aliphatic rings. The predicted molar refractivity (Wildman–Crippen MR) is 123 cm³/mol. The number of ketones is 1. The van der Waals surface area contributed by atoms with Crippen molar-refractivity contribution in [2.24, 2.45) is 5.92 Å². The summed E-state index contributed by atoms with van der Waals surface area (Å²) < 4.78 is 6.95. The van der Waals surface area contributed by atoms with Crippen molar-refractivity contribution >= 4 is 17.8 Å². The topological polar surface area (TPSA) is 83.9 Å². The lowest BCUT2D eigenvalue weighted by Gasteiger charge is -2.33. The van der Waals surface area contributed by atoms with Crippen molar-refractivity contribution in [3.05, 3.63) is 58.9 Å². The molecule has 8 heteroatoms. The summed E-state index contributed by atoms with van der Waals surface area (Å²) >= 11 is 0. The standard InChI is InChI=1S/C24H32N4O4/c1-17(2)16-32-24(31)27-12-10-26(11-13-27)15-22(29)21-14-18(3)28(19(21)4)25-23(30)20-8-6-5-7-9-20/h5-9,14,17H,10-13,15-16H2,1-4H3,(H,25,30). The average molecular weight is 441 g/mol. The minimum Gasteiger partial charge on any atom is -0.449 e. The molecule has 0 spiro atoms. The fraction of sp³-hybridized carbons (Fsp3) is 0.458. The quantitative estimate of drug-likeness (QED) is 0.669. The first-order chi connectivity index (χ1) is 15.3. The SMILES string of the molecule is Cc1cc(C(=O)CN2CCN(C(=O)OCC(C)C)CC2)c(C)n1NC(=O)c1ccccc1. The van der Waals surface area contributed by atoms with Crippen LogP contribution in [0.15, 0.2) is 36.4 Å². The third-order valence-electron chi connectivity index (χ3n) is 5.52. The van der Waals surface area contributed by atoms with Crippen molar-refractivity contribution in [3.8, 4) is 0 Å². The van der Waals surface area contributed by atoms with E-state index in [1.54, 1.807) is 21.7 Å². The van der Waals surface area contributed by atoms with Gasteiger partial charge in [0, 0.05) is 48.7 Å². The Labute approximate surface area is 189 Å². The highest BCUT2D eigenvalue weighted by Gasteiger charge is 2.25. The number of rotatable bonds is 7. The van der Waals surface area contributed by atoms with Crippen LogP contribution in [0.3, 0.4) is 0 Å². The Bertz CT molecular complexity index is 960. The summed E-state index contributed by atoms with van der Waals surface area (Å²) in [6, 6.07) is 10.8. The number of piperazine rings is 1. The molecule has 2 amide bonds. The van der Waals surface area contributed by atoms with Gasteiger partial charge in [-0.15, -0.1) is 0 Å². The molecule has 0 atom stereocenters. The highest BCUT2D eigenvalue weighted by Crippen LogP contribution is 2.16. The highest BCUT2D eigenvalue weighted by atomic mass is 16.6. The Kier molecular flexibility index (Phi) is 7.69. The molecule has 8 nitrogen and oxygen atoms in total. The zero-order valence-electron chi connectivity index (χ0n) is 19.3. The Morgan fingerprint density at radius 2 is 1.69 bits per heavy atom. The van der Waals surface area contributed by atoms with E-state index in [1.165, 1.54) is 0 Å². The van der Waals surface area contributed by atoms with Gasteiger partial charge >= 0.3 is 6.09 Å². The summed E-state index contributed by atoms with van der Waals surface area (Å²) in [7, 11) is 0. The number of ether oxygens (including phenoxy) is 1. The molecule has 1 aromatic carbocycles. The Balaban J connectivity index is 1.57. The maximum atomic E-state index is 13.0. The molecular formula is C24H32N4O4. The van der Waals surface area contributed by atoms with Crippen LogP contribution in [0.4, 0.5) is 4.79 Å². The third kappa shape index (κ3) is 5.76. The molecule has 2 aromatic rings. The molecule has 1 saturated heterocycles. The van der Waals surface area contributed by atoms with Crippen LogP contribution in [-0.2, 0) is 4.74 Å². The first-order valence-electron chi connectivity index (χ1n) is 11.0. The Hall–Kier alpha value is -3.13. The summed E-state index contributed by atoms with van der Waals surface area (Å²) in [6.07, 6.45) is -0.289. The molecule has 0 radical (unpaired) electrons. The number of aromatic nitrogens is 1. The van der Waals surface area contributed by atoms with Gasteiger partial charge in [0.25, 0.3) is 5.91 Å². The number of Topliss-reactive ketones (excluding diaryl/α,β-unsaturated/α-hetero) is 1. The first kappa shape index (κ1) is 23.5. The second-order valence-electron chi connectivity index (χ2n) is 8.58. The van der Waals surface area contributed by atoms with Gasteiger partial charge in [-0.3, -0.25) is 24.6 Å². The van der Waals surface area contributed by atoms with E-state index in [0.717, 1.165) is 5.69 Å². The molecule has 0 aliphatic carbocycles.